The Balaban J connectivity index is 1.82. The number of thiophene rings is 1. The van der Waals surface area contributed by atoms with Gasteiger partial charge in [-0.25, -0.2) is 0 Å². The standard InChI is InChI=1S/C26H18S/c1-3-10-20(11-4-1)24-18-27-26(25(24)21-13-5-2-6-14-21)23-17-9-15-19-12-7-8-16-22(19)23/h1-18H. The lowest BCUT2D eigenvalue weighted by atomic mass is 9.93. The number of hydrogen-bond acceptors (Lipinski definition) is 1. The SMILES string of the molecule is c1ccc(-c2csc(-c3cccc4ccccc34)c2-c2ccccc2)cc1. The molecule has 0 saturated heterocycles. The highest BCUT2D eigenvalue weighted by molar-refractivity contribution is 7.14. The van der Waals surface area contributed by atoms with Gasteiger partial charge in [0.2, 0.25) is 0 Å². The highest BCUT2D eigenvalue weighted by atomic mass is 32.1. The van der Waals surface area contributed by atoms with Crippen molar-refractivity contribution in [2.75, 3.05) is 0 Å². The summed E-state index contributed by atoms with van der Waals surface area (Å²) in [6, 6.07) is 36.7. The van der Waals surface area contributed by atoms with Crippen molar-refractivity contribution in [1.82, 2.24) is 0 Å². The van der Waals surface area contributed by atoms with E-state index in [9.17, 15) is 0 Å². The van der Waals surface area contributed by atoms with E-state index in [2.05, 4.69) is 109 Å². The van der Waals surface area contributed by atoms with E-state index in [0.29, 0.717) is 0 Å². The predicted molar refractivity (Wildman–Crippen MR) is 118 cm³/mol. The molecule has 0 aliphatic carbocycles. The monoisotopic (exact) mass is 362 g/mol. The minimum Gasteiger partial charge on any atom is -0.142 e. The molecule has 0 aliphatic rings. The fraction of sp³-hybridized carbons (Fsp3) is 0. The molecule has 0 bridgehead atoms. The zero-order chi connectivity index (χ0) is 18.1. The highest BCUT2D eigenvalue weighted by Crippen LogP contribution is 2.46. The quantitative estimate of drug-likeness (QED) is 0.306. The molecule has 0 fully saturated rings. The minimum atomic E-state index is 1.26. The first-order valence-electron chi connectivity index (χ1n) is 9.12. The predicted octanol–water partition coefficient (Wildman–Crippen LogP) is 7.90. The van der Waals surface area contributed by atoms with Crippen LogP contribution in [0.1, 0.15) is 0 Å². The Hall–Kier alpha value is -3.16. The normalized spacial score (nSPS) is 11.0. The van der Waals surface area contributed by atoms with Crippen molar-refractivity contribution >= 4 is 22.1 Å². The lowest BCUT2D eigenvalue weighted by Gasteiger charge is -2.11. The first-order chi connectivity index (χ1) is 13.4. The van der Waals surface area contributed by atoms with Crippen molar-refractivity contribution in [2.45, 2.75) is 0 Å². The van der Waals surface area contributed by atoms with E-state index < -0.39 is 0 Å². The van der Waals surface area contributed by atoms with Gasteiger partial charge in [0.1, 0.15) is 0 Å². The average Bonchev–Trinajstić information content (AvgIpc) is 3.19. The van der Waals surface area contributed by atoms with Gasteiger partial charge < -0.3 is 0 Å². The Morgan fingerprint density at radius 2 is 1.11 bits per heavy atom. The summed E-state index contributed by atoms with van der Waals surface area (Å²) in [7, 11) is 0. The molecule has 0 unspecified atom stereocenters. The Kier molecular flexibility index (Phi) is 4.08. The molecule has 0 amide bonds. The second kappa shape index (κ2) is 6.86. The molecular weight excluding hydrogens is 344 g/mol. The van der Waals surface area contributed by atoms with Crippen LogP contribution in [0.15, 0.2) is 109 Å². The van der Waals surface area contributed by atoms with Gasteiger partial charge in [0, 0.05) is 21.6 Å². The molecule has 0 N–H and O–H groups in total. The average molecular weight is 362 g/mol. The lowest BCUT2D eigenvalue weighted by molar-refractivity contribution is 1.63. The Morgan fingerprint density at radius 1 is 0.481 bits per heavy atom. The summed E-state index contributed by atoms with van der Waals surface area (Å²) >= 11 is 1.83. The maximum atomic E-state index is 2.30. The number of hydrogen-bond donors (Lipinski definition) is 0. The number of rotatable bonds is 3. The summed E-state index contributed by atoms with van der Waals surface area (Å²) < 4.78 is 0. The fourth-order valence-electron chi connectivity index (χ4n) is 3.70. The summed E-state index contributed by atoms with van der Waals surface area (Å²) in [5.74, 6) is 0. The van der Waals surface area contributed by atoms with Crippen molar-refractivity contribution in [1.29, 1.82) is 0 Å². The Morgan fingerprint density at radius 3 is 1.89 bits per heavy atom. The zero-order valence-corrected chi connectivity index (χ0v) is 15.6. The van der Waals surface area contributed by atoms with Crippen molar-refractivity contribution in [3.05, 3.63) is 109 Å². The van der Waals surface area contributed by atoms with Crippen LogP contribution in [0.25, 0.3) is 43.5 Å². The molecule has 0 spiro atoms. The maximum absolute atomic E-state index is 2.30. The molecular formula is C26H18S. The van der Waals surface area contributed by atoms with Crippen LogP contribution in [-0.4, -0.2) is 0 Å². The molecule has 27 heavy (non-hydrogen) atoms. The molecule has 0 aliphatic heterocycles. The lowest BCUT2D eigenvalue weighted by Crippen LogP contribution is -1.85. The van der Waals surface area contributed by atoms with E-state index >= 15 is 0 Å². The van der Waals surface area contributed by atoms with Crippen molar-refractivity contribution < 1.29 is 0 Å². The van der Waals surface area contributed by atoms with Gasteiger partial charge in [0.15, 0.2) is 0 Å². The topological polar surface area (TPSA) is 0 Å². The molecule has 5 aromatic rings. The van der Waals surface area contributed by atoms with Crippen LogP contribution < -0.4 is 0 Å². The molecule has 0 radical (unpaired) electrons. The van der Waals surface area contributed by atoms with E-state index in [0.717, 1.165) is 0 Å². The molecule has 5 rings (SSSR count). The first kappa shape index (κ1) is 16.0. The largest absolute Gasteiger partial charge is 0.142 e. The van der Waals surface area contributed by atoms with Gasteiger partial charge in [0.25, 0.3) is 0 Å². The molecule has 1 aromatic heterocycles. The van der Waals surface area contributed by atoms with Crippen LogP contribution in [-0.2, 0) is 0 Å². The highest BCUT2D eigenvalue weighted by Gasteiger charge is 2.17. The van der Waals surface area contributed by atoms with Crippen molar-refractivity contribution in [2.24, 2.45) is 0 Å². The third-order valence-corrected chi connectivity index (χ3v) is 5.99. The molecule has 0 nitrogen and oxygen atoms in total. The number of fused-ring (bicyclic) bond motifs is 1. The molecule has 0 saturated carbocycles. The molecule has 0 atom stereocenters. The van der Waals surface area contributed by atoms with E-state index in [1.54, 1.807) is 0 Å². The summed E-state index contributed by atoms with van der Waals surface area (Å²) in [5, 5.41) is 4.89. The smallest absolute Gasteiger partial charge is 0.0433 e. The zero-order valence-electron chi connectivity index (χ0n) is 14.8. The van der Waals surface area contributed by atoms with Gasteiger partial charge >= 0.3 is 0 Å². The van der Waals surface area contributed by atoms with Gasteiger partial charge in [-0.2, -0.15) is 0 Å². The van der Waals surface area contributed by atoms with Crippen LogP contribution in [0.3, 0.4) is 0 Å². The summed E-state index contributed by atoms with van der Waals surface area (Å²) in [6.07, 6.45) is 0. The van der Waals surface area contributed by atoms with Gasteiger partial charge in [0.05, 0.1) is 0 Å². The molecule has 4 aromatic carbocycles. The third kappa shape index (κ3) is 2.87. The summed E-state index contributed by atoms with van der Waals surface area (Å²) in [4.78, 5) is 1.33. The maximum Gasteiger partial charge on any atom is 0.0433 e. The van der Waals surface area contributed by atoms with Crippen LogP contribution >= 0.6 is 11.3 Å². The van der Waals surface area contributed by atoms with Crippen molar-refractivity contribution in [3.63, 3.8) is 0 Å². The summed E-state index contributed by atoms with van der Waals surface area (Å²) in [5.41, 5.74) is 6.46. The van der Waals surface area contributed by atoms with Gasteiger partial charge in [-0.15, -0.1) is 11.3 Å². The second-order valence-corrected chi connectivity index (χ2v) is 7.49. The van der Waals surface area contributed by atoms with Crippen LogP contribution in [0.5, 0.6) is 0 Å². The minimum absolute atomic E-state index is 1.26. The van der Waals surface area contributed by atoms with Crippen LogP contribution in [0.2, 0.25) is 0 Å². The van der Waals surface area contributed by atoms with E-state index in [4.69, 9.17) is 0 Å². The van der Waals surface area contributed by atoms with Crippen LogP contribution in [0, 0.1) is 0 Å². The Labute approximate surface area is 163 Å². The van der Waals surface area contributed by atoms with Gasteiger partial charge in [-0.05, 0) is 27.3 Å². The van der Waals surface area contributed by atoms with Crippen molar-refractivity contribution in [3.8, 4) is 32.7 Å². The number of benzene rings is 4. The van der Waals surface area contributed by atoms with Gasteiger partial charge in [-0.3, -0.25) is 0 Å². The fourth-order valence-corrected chi connectivity index (χ4v) is 4.84. The van der Waals surface area contributed by atoms with Crippen LogP contribution in [0.4, 0.5) is 0 Å². The molecule has 1 heteroatoms. The second-order valence-electron chi connectivity index (χ2n) is 6.61. The molecule has 1 heterocycles. The summed E-state index contributed by atoms with van der Waals surface area (Å²) in [6.45, 7) is 0. The first-order valence-corrected chi connectivity index (χ1v) is 10.0. The van der Waals surface area contributed by atoms with E-state index in [-0.39, 0.29) is 0 Å². The van der Waals surface area contributed by atoms with E-state index in [1.807, 2.05) is 11.3 Å². The molecule has 128 valence electrons. The van der Waals surface area contributed by atoms with E-state index in [1.165, 1.54) is 43.5 Å². The third-order valence-electron chi connectivity index (χ3n) is 4.97. The van der Waals surface area contributed by atoms with Gasteiger partial charge in [-0.1, -0.05) is 103 Å². The Bertz CT molecular complexity index is 1200.